The minimum atomic E-state index is -1.31. The third-order valence-electron chi connectivity index (χ3n) is 12.8. The lowest BCUT2D eigenvalue weighted by atomic mass is 9.45. The van der Waals surface area contributed by atoms with Crippen LogP contribution in [0.1, 0.15) is 94.0 Å². The highest BCUT2D eigenvalue weighted by Gasteiger charge is 2.66. The Balaban J connectivity index is 1.17. The van der Waals surface area contributed by atoms with Crippen molar-refractivity contribution in [3.63, 3.8) is 0 Å². The Bertz CT molecular complexity index is 1290. The van der Waals surface area contributed by atoms with Crippen LogP contribution < -0.4 is 5.32 Å². The largest absolute Gasteiger partial charge is 0.389 e. The fourth-order valence-corrected chi connectivity index (χ4v) is 10.00. The first kappa shape index (κ1) is 33.1. The summed E-state index contributed by atoms with van der Waals surface area (Å²) in [6.45, 7) is 7.73. The van der Waals surface area contributed by atoms with E-state index in [4.69, 9.17) is 9.47 Å². The van der Waals surface area contributed by atoms with Crippen molar-refractivity contribution in [1.29, 1.82) is 0 Å². The molecular weight excluding hydrogens is 572 g/mol. The zero-order valence-electron chi connectivity index (χ0n) is 27.6. The molecule has 4 fully saturated rings. The van der Waals surface area contributed by atoms with Gasteiger partial charge in [-0.1, -0.05) is 37.6 Å². The van der Waals surface area contributed by atoms with Gasteiger partial charge in [-0.15, -0.1) is 0 Å². The van der Waals surface area contributed by atoms with Gasteiger partial charge in [0.2, 0.25) is 0 Å². The van der Waals surface area contributed by atoms with Crippen LogP contribution in [0.15, 0.2) is 35.9 Å². The molecule has 5 N–H and O–H groups in total. The molecule has 5 aliphatic rings. The quantitative estimate of drug-likeness (QED) is 0.291. The molecule has 45 heavy (non-hydrogen) atoms. The molecule has 1 aromatic carbocycles. The molecule has 0 aromatic heterocycles. The van der Waals surface area contributed by atoms with E-state index in [1.807, 2.05) is 31.1 Å². The summed E-state index contributed by atoms with van der Waals surface area (Å²) < 4.78 is 11.9. The van der Waals surface area contributed by atoms with Crippen molar-refractivity contribution in [2.75, 3.05) is 27.2 Å². The monoisotopic (exact) mass is 626 g/mol. The summed E-state index contributed by atoms with van der Waals surface area (Å²) in [4.78, 5) is 15.0. The van der Waals surface area contributed by atoms with Crippen LogP contribution >= 0.6 is 0 Å². The molecule has 3 saturated carbocycles. The van der Waals surface area contributed by atoms with Crippen molar-refractivity contribution in [2.45, 2.75) is 120 Å². The highest BCUT2D eigenvalue weighted by Crippen LogP contribution is 2.70. The zero-order chi connectivity index (χ0) is 32.3. The summed E-state index contributed by atoms with van der Waals surface area (Å²) in [5.41, 5.74) is 2.16. The SMILES string of the molecule is C[C@@H]1O[C@@H](O[C@@H]2C=C3CC[C@@H]4[C@H](CC[C@]5(C)[C@@H](c6cccc(C(=O)NCCN(C)C)c6)CC[C@]45O)[C@@]3(C)CC2)[C@H](O)[C@H](O)[C@H]1O. The minimum Gasteiger partial charge on any atom is -0.389 e. The standard InChI is InChI=1S/C36H54N2O7/c1-21-29(39)30(40)31(41)33(44-21)45-25-11-14-34(2)24(20-25)9-10-28-27(34)12-15-35(3)26(13-16-36(28,35)43)22-7-6-8-23(19-22)32(42)37-17-18-38(4)5/h6-8,19-21,25-31,33,39-41,43H,9-18H2,1-5H3,(H,37,42)/t21-,25-,26+,27-,28+,29-,30+,31+,33-,34-,35+,36-/m0/s1. The molecule has 1 aliphatic heterocycles. The smallest absolute Gasteiger partial charge is 0.251 e. The van der Waals surface area contributed by atoms with Crippen molar-refractivity contribution >= 4 is 5.91 Å². The lowest BCUT2D eigenvalue weighted by molar-refractivity contribution is -0.301. The van der Waals surface area contributed by atoms with Crippen LogP contribution in [0, 0.1) is 22.7 Å². The Morgan fingerprint density at radius 1 is 1.02 bits per heavy atom. The summed E-state index contributed by atoms with van der Waals surface area (Å²) in [6.07, 6.45) is 3.79. The van der Waals surface area contributed by atoms with Gasteiger partial charge in [-0.2, -0.15) is 0 Å². The molecule has 250 valence electrons. The second kappa shape index (κ2) is 12.3. The van der Waals surface area contributed by atoms with Crippen LogP contribution in [-0.2, 0) is 9.47 Å². The van der Waals surface area contributed by atoms with E-state index in [0.717, 1.165) is 63.5 Å². The van der Waals surface area contributed by atoms with Gasteiger partial charge in [0.15, 0.2) is 6.29 Å². The van der Waals surface area contributed by atoms with Gasteiger partial charge in [-0.3, -0.25) is 4.79 Å². The van der Waals surface area contributed by atoms with Gasteiger partial charge in [0, 0.05) is 24.1 Å². The Hall–Kier alpha value is -1.85. The molecule has 0 spiro atoms. The lowest BCUT2D eigenvalue weighted by Crippen LogP contribution is -2.60. The number of nitrogens with zero attached hydrogens (tertiary/aromatic N) is 1. The molecule has 1 heterocycles. The second-order valence-corrected chi connectivity index (χ2v) is 15.4. The number of carbonyl (C=O) groups is 1. The van der Waals surface area contributed by atoms with Crippen molar-refractivity contribution in [3.05, 3.63) is 47.0 Å². The van der Waals surface area contributed by atoms with Gasteiger partial charge in [0.1, 0.15) is 18.3 Å². The molecule has 1 aromatic rings. The number of ether oxygens (including phenoxy) is 2. The number of hydrogen-bond donors (Lipinski definition) is 5. The molecule has 9 nitrogen and oxygen atoms in total. The van der Waals surface area contributed by atoms with E-state index < -0.39 is 36.3 Å². The Morgan fingerprint density at radius 2 is 1.80 bits per heavy atom. The predicted octanol–water partition coefficient (Wildman–Crippen LogP) is 3.35. The van der Waals surface area contributed by atoms with Crippen LogP contribution in [0.5, 0.6) is 0 Å². The first-order valence-electron chi connectivity index (χ1n) is 17.1. The molecule has 0 radical (unpaired) electrons. The van der Waals surface area contributed by atoms with Crippen LogP contribution in [0.4, 0.5) is 0 Å². The number of aliphatic hydroxyl groups excluding tert-OH is 3. The highest BCUT2D eigenvalue weighted by molar-refractivity contribution is 5.94. The molecule has 0 unspecified atom stereocenters. The number of allylic oxidation sites excluding steroid dienone is 1. The number of rotatable bonds is 7. The minimum absolute atomic E-state index is 0.0302. The number of benzene rings is 1. The second-order valence-electron chi connectivity index (χ2n) is 15.4. The number of fused-ring (bicyclic) bond motifs is 5. The summed E-state index contributed by atoms with van der Waals surface area (Å²) in [5, 5.41) is 46.6. The number of carbonyl (C=O) groups excluding carboxylic acids is 1. The summed E-state index contributed by atoms with van der Waals surface area (Å²) in [7, 11) is 3.99. The molecule has 1 saturated heterocycles. The maximum Gasteiger partial charge on any atom is 0.251 e. The fourth-order valence-electron chi connectivity index (χ4n) is 10.00. The molecule has 9 heteroatoms. The first-order chi connectivity index (χ1) is 21.3. The fraction of sp³-hybridized carbons (Fsp3) is 0.750. The van der Waals surface area contributed by atoms with E-state index in [0.29, 0.717) is 18.0 Å². The van der Waals surface area contributed by atoms with Gasteiger partial charge in [-0.05, 0) is 113 Å². The van der Waals surface area contributed by atoms with Gasteiger partial charge in [0.05, 0.1) is 17.8 Å². The first-order valence-corrected chi connectivity index (χ1v) is 17.1. The summed E-state index contributed by atoms with van der Waals surface area (Å²) in [5.74, 6) is 0.731. The average molecular weight is 627 g/mol. The van der Waals surface area contributed by atoms with Crippen molar-refractivity contribution in [2.24, 2.45) is 22.7 Å². The number of nitrogens with one attached hydrogen (secondary N) is 1. The number of likely N-dealkylation sites (N-methyl/N-ethyl adjacent to an activating group) is 1. The van der Waals surface area contributed by atoms with E-state index in [1.54, 1.807) is 6.92 Å². The van der Waals surface area contributed by atoms with Crippen LogP contribution in [0.2, 0.25) is 0 Å². The molecule has 6 rings (SSSR count). The highest BCUT2D eigenvalue weighted by atomic mass is 16.7. The van der Waals surface area contributed by atoms with Crippen LogP contribution in [-0.4, -0.2) is 101 Å². The molecule has 4 aliphatic carbocycles. The van der Waals surface area contributed by atoms with Gasteiger partial charge in [-0.25, -0.2) is 0 Å². The van der Waals surface area contributed by atoms with E-state index in [1.165, 1.54) is 5.57 Å². The lowest BCUT2D eigenvalue weighted by Gasteiger charge is -2.62. The zero-order valence-corrected chi connectivity index (χ0v) is 27.6. The third kappa shape index (κ3) is 5.60. The van der Waals surface area contributed by atoms with Gasteiger partial charge in [0.25, 0.3) is 5.91 Å². The number of aliphatic hydroxyl groups is 4. The van der Waals surface area contributed by atoms with E-state index in [-0.39, 0.29) is 34.7 Å². The number of hydrogen-bond acceptors (Lipinski definition) is 8. The van der Waals surface area contributed by atoms with Gasteiger partial charge >= 0.3 is 0 Å². The van der Waals surface area contributed by atoms with Gasteiger partial charge < -0.3 is 40.1 Å². The predicted molar refractivity (Wildman–Crippen MR) is 170 cm³/mol. The van der Waals surface area contributed by atoms with E-state index >= 15 is 0 Å². The Kier molecular flexibility index (Phi) is 9.04. The maximum atomic E-state index is 12.9. The summed E-state index contributed by atoms with van der Waals surface area (Å²) >= 11 is 0. The topological polar surface area (TPSA) is 132 Å². The van der Waals surface area contributed by atoms with Crippen molar-refractivity contribution in [3.8, 4) is 0 Å². The molecular formula is C36H54N2O7. The van der Waals surface area contributed by atoms with Crippen molar-refractivity contribution < 1.29 is 34.7 Å². The van der Waals surface area contributed by atoms with Crippen molar-refractivity contribution in [1.82, 2.24) is 10.2 Å². The molecule has 1 amide bonds. The Labute approximate surface area is 268 Å². The Morgan fingerprint density at radius 3 is 2.56 bits per heavy atom. The maximum absolute atomic E-state index is 12.9. The van der Waals surface area contributed by atoms with E-state index in [9.17, 15) is 25.2 Å². The number of amides is 1. The summed E-state index contributed by atoms with van der Waals surface area (Å²) in [6, 6.07) is 8.07. The molecule has 0 bridgehead atoms. The molecule has 12 atom stereocenters. The van der Waals surface area contributed by atoms with Crippen LogP contribution in [0.25, 0.3) is 0 Å². The normalized spacial score (nSPS) is 44.5. The average Bonchev–Trinajstić information content (AvgIpc) is 3.29. The van der Waals surface area contributed by atoms with E-state index in [2.05, 4.69) is 37.4 Å². The van der Waals surface area contributed by atoms with Crippen LogP contribution in [0.3, 0.4) is 0 Å². The third-order valence-corrected chi connectivity index (χ3v) is 12.8.